The molecule has 0 saturated carbocycles. The fraction of sp³-hybridized carbons (Fsp3) is 0.500. The summed E-state index contributed by atoms with van der Waals surface area (Å²) >= 11 is 2.69. The van der Waals surface area contributed by atoms with E-state index in [2.05, 4.69) is 20.6 Å². The second-order valence-electron chi connectivity index (χ2n) is 7.04. The lowest BCUT2D eigenvalue weighted by Gasteiger charge is -2.16. The van der Waals surface area contributed by atoms with Gasteiger partial charge in [0.15, 0.2) is 10.3 Å². The zero-order valence-electron chi connectivity index (χ0n) is 18.3. The number of benzene rings is 1. The number of thiazole rings is 2. The van der Waals surface area contributed by atoms with E-state index in [4.69, 9.17) is 5.73 Å². The molecule has 0 aliphatic carbocycles. The first kappa shape index (κ1) is 23.3. The molecule has 11 heteroatoms. The van der Waals surface area contributed by atoms with E-state index >= 15 is 0 Å². The number of nitrogens with two attached hydrogens (primary N) is 1. The zero-order valence-corrected chi connectivity index (χ0v) is 20.0. The van der Waals surface area contributed by atoms with Gasteiger partial charge in [0.25, 0.3) is 0 Å². The molecule has 1 aromatic carbocycles. The lowest BCUT2D eigenvalue weighted by Crippen LogP contribution is -2.32. The number of aromatic nitrogens is 2. The van der Waals surface area contributed by atoms with E-state index in [-0.39, 0.29) is 11.8 Å². The van der Waals surface area contributed by atoms with Crippen LogP contribution in [0.25, 0.3) is 20.4 Å². The molecule has 0 aliphatic heterocycles. The minimum atomic E-state index is -0.0977. The Labute approximate surface area is 189 Å². The molecule has 0 fully saturated rings. The number of nitrogen functional groups attached to an aromatic ring is 1. The van der Waals surface area contributed by atoms with Crippen LogP contribution in [0, 0.1) is 0 Å². The first-order valence-electron chi connectivity index (χ1n) is 10.4. The van der Waals surface area contributed by atoms with Gasteiger partial charge in [-0.25, -0.2) is 9.97 Å². The molecule has 0 spiro atoms. The maximum absolute atomic E-state index is 12.3. The molecule has 2 amide bonds. The highest BCUT2D eigenvalue weighted by Gasteiger charge is 2.17. The molecular formula is C20H29N7O2S2. The summed E-state index contributed by atoms with van der Waals surface area (Å²) in [6.45, 7) is 12.0. The molecular weight excluding hydrogens is 434 g/mol. The number of nitrogens with zero attached hydrogens (tertiary/aromatic N) is 4. The van der Waals surface area contributed by atoms with Gasteiger partial charge >= 0.3 is 0 Å². The average molecular weight is 464 g/mol. The molecule has 3 rings (SSSR count). The van der Waals surface area contributed by atoms with E-state index in [9.17, 15) is 9.59 Å². The Bertz CT molecular complexity index is 990. The largest absolute Gasteiger partial charge is 0.396 e. The van der Waals surface area contributed by atoms with Gasteiger partial charge in [-0.05, 0) is 32.2 Å². The third-order valence-electron chi connectivity index (χ3n) is 5.09. The molecule has 3 aromatic rings. The second-order valence-corrected chi connectivity index (χ2v) is 9.04. The first-order valence-corrected chi connectivity index (χ1v) is 12.1. The van der Waals surface area contributed by atoms with Crippen molar-refractivity contribution in [3.63, 3.8) is 0 Å². The van der Waals surface area contributed by atoms with Gasteiger partial charge in [-0.1, -0.05) is 50.4 Å². The van der Waals surface area contributed by atoms with Crippen molar-refractivity contribution >= 4 is 70.9 Å². The Morgan fingerprint density at radius 3 is 1.58 bits per heavy atom. The lowest BCUT2D eigenvalue weighted by molar-refractivity contribution is -0.118. The molecule has 2 heterocycles. The van der Waals surface area contributed by atoms with Crippen molar-refractivity contribution in [1.29, 1.82) is 0 Å². The van der Waals surface area contributed by atoms with Crippen LogP contribution >= 0.6 is 22.7 Å². The molecule has 0 aliphatic rings. The first-order chi connectivity index (χ1) is 14.9. The van der Waals surface area contributed by atoms with E-state index in [0.29, 0.717) is 40.1 Å². The van der Waals surface area contributed by atoms with E-state index in [1.807, 2.05) is 43.6 Å². The van der Waals surface area contributed by atoms with E-state index < -0.39 is 0 Å². The summed E-state index contributed by atoms with van der Waals surface area (Å²) in [7, 11) is 0. The topological polar surface area (TPSA) is 116 Å². The fourth-order valence-electron chi connectivity index (χ4n) is 3.20. The van der Waals surface area contributed by atoms with Crippen LogP contribution < -0.4 is 16.4 Å². The smallest absolute Gasteiger partial charge is 0.240 e. The minimum absolute atomic E-state index is 0.0977. The third kappa shape index (κ3) is 5.48. The molecule has 0 radical (unpaired) electrons. The van der Waals surface area contributed by atoms with Crippen LogP contribution in [0.15, 0.2) is 6.07 Å². The van der Waals surface area contributed by atoms with Crippen LogP contribution in [0.4, 0.5) is 16.0 Å². The van der Waals surface area contributed by atoms with E-state index in [1.54, 1.807) is 0 Å². The fourth-order valence-corrected chi connectivity index (χ4v) is 5.11. The standard InChI is InChI=1S/C20H29N7O2S2/c1-5-26(6-2)10-14(28)24-19-22-12-9-13-18(16(21)17(12)30-19)31-20(23-13)25-15(29)11-27(7-3)8-4/h9H,5-8,10-11,21H2,1-4H3,(H,22,24,28)(H,23,25,29). The van der Waals surface area contributed by atoms with Crippen molar-refractivity contribution < 1.29 is 9.59 Å². The van der Waals surface area contributed by atoms with Gasteiger partial charge in [0, 0.05) is 0 Å². The molecule has 4 N–H and O–H groups in total. The van der Waals surface area contributed by atoms with Crippen molar-refractivity contribution in [1.82, 2.24) is 19.8 Å². The highest BCUT2D eigenvalue weighted by Crippen LogP contribution is 2.39. The van der Waals surface area contributed by atoms with Crippen LogP contribution in [0.3, 0.4) is 0 Å². The highest BCUT2D eigenvalue weighted by atomic mass is 32.1. The van der Waals surface area contributed by atoms with Gasteiger partial charge in [-0.2, -0.15) is 0 Å². The van der Waals surface area contributed by atoms with Crippen LogP contribution in [0.5, 0.6) is 0 Å². The summed E-state index contributed by atoms with van der Waals surface area (Å²) in [5.74, 6) is -0.195. The summed E-state index contributed by atoms with van der Waals surface area (Å²) in [6.07, 6.45) is 0. The Hall–Kier alpha value is -2.34. The number of hydrogen-bond acceptors (Lipinski definition) is 9. The Balaban J connectivity index is 1.78. The summed E-state index contributed by atoms with van der Waals surface area (Å²) in [5.41, 5.74) is 8.32. The van der Waals surface area contributed by atoms with Crippen molar-refractivity contribution in [3.05, 3.63) is 6.07 Å². The van der Waals surface area contributed by atoms with Crippen molar-refractivity contribution in [3.8, 4) is 0 Å². The van der Waals surface area contributed by atoms with Crippen LogP contribution in [0.1, 0.15) is 27.7 Å². The van der Waals surface area contributed by atoms with E-state index in [0.717, 1.165) is 35.6 Å². The number of carbonyl (C=O) groups is 2. The number of anilines is 3. The summed E-state index contributed by atoms with van der Waals surface area (Å²) in [5, 5.41) is 6.76. The number of amides is 2. The van der Waals surface area contributed by atoms with Gasteiger partial charge < -0.3 is 16.4 Å². The minimum Gasteiger partial charge on any atom is -0.396 e. The predicted molar refractivity (Wildman–Crippen MR) is 130 cm³/mol. The molecule has 2 aromatic heterocycles. The highest BCUT2D eigenvalue weighted by molar-refractivity contribution is 7.25. The number of hydrogen-bond donors (Lipinski definition) is 3. The summed E-state index contributed by atoms with van der Waals surface area (Å²) in [4.78, 5) is 37.7. The average Bonchev–Trinajstić information content (AvgIpc) is 3.33. The lowest BCUT2D eigenvalue weighted by atomic mass is 10.3. The Morgan fingerprint density at radius 1 is 0.839 bits per heavy atom. The molecule has 0 unspecified atom stereocenters. The monoisotopic (exact) mass is 463 g/mol. The number of fused-ring (bicyclic) bond motifs is 2. The SMILES string of the molecule is CCN(CC)CC(=O)Nc1nc2cc3nc(NC(=O)CN(CC)CC)sc3c(N)c2s1. The summed E-state index contributed by atoms with van der Waals surface area (Å²) < 4.78 is 1.60. The predicted octanol–water partition coefficient (Wildman–Crippen LogP) is 3.05. The maximum Gasteiger partial charge on any atom is 0.240 e. The normalized spacial score (nSPS) is 11.7. The quantitative estimate of drug-likeness (QED) is 0.396. The van der Waals surface area contributed by atoms with Crippen molar-refractivity contribution in [2.75, 3.05) is 55.6 Å². The van der Waals surface area contributed by atoms with E-state index in [1.165, 1.54) is 22.7 Å². The molecule has 9 nitrogen and oxygen atoms in total. The third-order valence-corrected chi connectivity index (χ3v) is 7.13. The Kier molecular flexibility index (Phi) is 7.76. The maximum atomic E-state index is 12.3. The molecule has 168 valence electrons. The van der Waals surface area contributed by atoms with Gasteiger partial charge in [0.05, 0.1) is 39.2 Å². The summed E-state index contributed by atoms with van der Waals surface area (Å²) in [6, 6.07) is 1.84. The van der Waals surface area contributed by atoms with Gasteiger partial charge in [0.1, 0.15) is 0 Å². The van der Waals surface area contributed by atoms with Crippen LogP contribution in [-0.2, 0) is 9.59 Å². The number of likely N-dealkylation sites (N-methyl/N-ethyl adjacent to an activating group) is 2. The molecule has 31 heavy (non-hydrogen) atoms. The Morgan fingerprint density at radius 2 is 1.23 bits per heavy atom. The molecule has 0 atom stereocenters. The van der Waals surface area contributed by atoms with Gasteiger partial charge in [0.2, 0.25) is 11.8 Å². The van der Waals surface area contributed by atoms with Crippen LogP contribution in [0.2, 0.25) is 0 Å². The van der Waals surface area contributed by atoms with Gasteiger partial charge in [-0.3, -0.25) is 19.4 Å². The zero-order chi connectivity index (χ0) is 22.5. The second kappa shape index (κ2) is 10.3. The van der Waals surface area contributed by atoms with Crippen molar-refractivity contribution in [2.45, 2.75) is 27.7 Å². The number of carbonyl (C=O) groups excluding carboxylic acids is 2. The van der Waals surface area contributed by atoms with Crippen LogP contribution in [-0.4, -0.2) is 70.9 Å². The number of rotatable bonds is 10. The molecule has 0 bridgehead atoms. The van der Waals surface area contributed by atoms with Gasteiger partial charge in [-0.15, -0.1) is 0 Å². The van der Waals surface area contributed by atoms with Crippen molar-refractivity contribution in [2.24, 2.45) is 0 Å². The number of nitrogens with one attached hydrogen (secondary N) is 2. The molecule has 0 saturated heterocycles.